The van der Waals surface area contributed by atoms with Crippen LogP contribution < -0.4 is 10.6 Å². The van der Waals surface area contributed by atoms with Gasteiger partial charge in [-0.3, -0.25) is 9.59 Å². The molecule has 0 spiro atoms. The van der Waals surface area contributed by atoms with E-state index in [1.165, 1.54) is 0 Å². The molecule has 0 saturated carbocycles. The van der Waals surface area contributed by atoms with E-state index in [-0.39, 0.29) is 37.3 Å². The molecule has 5 nitrogen and oxygen atoms in total. The van der Waals surface area contributed by atoms with Gasteiger partial charge in [0.25, 0.3) is 0 Å². The summed E-state index contributed by atoms with van der Waals surface area (Å²) in [6, 6.07) is 0.00279. The predicted octanol–water partition coefficient (Wildman–Crippen LogP) is 0.687. The summed E-state index contributed by atoms with van der Waals surface area (Å²) >= 11 is 0. The number of carbonyl (C=O) groups excluding carboxylic acids is 2. The van der Waals surface area contributed by atoms with Crippen LogP contribution in [0, 0.1) is 5.92 Å². The van der Waals surface area contributed by atoms with Gasteiger partial charge in [-0.05, 0) is 19.4 Å². The normalized spacial score (nSPS) is 26.4. The molecule has 2 atom stereocenters. The Balaban J connectivity index is 0.00000220. The maximum absolute atomic E-state index is 12.3. The van der Waals surface area contributed by atoms with E-state index in [0.717, 1.165) is 19.4 Å². The maximum Gasteiger partial charge on any atom is 0.406 e. The molecule has 2 saturated heterocycles. The third kappa shape index (κ3) is 5.35. The van der Waals surface area contributed by atoms with Crippen LogP contribution in [-0.2, 0) is 9.59 Å². The summed E-state index contributed by atoms with van der Waals surface area (Å²) in [5.41, 5.74) is 0. The quantitative estimate of drug-likeness (QED) is 0.801. The zero-order valence-corrected chi connectivity index (χ0v) is 12.2. The number of halogens is 4. The first kappa shape index (κ1) is 18.0. The molecule has 2 fully saturated rings. The predicted molar refractivity (Wildman–Crippen MR) is 72.0 cm³/mol. The van der Waals surface area contributed by atoms with Gasteiger partial charge in [0, 0.05) is 25.6 Å². The number of nitrogens with one attached hydrogen (secondary N) is 2. The Morgan fingerprint density at radius 3 is 2.71 bits per heavy atom. The molecule has 1 unspecified atom stereocenters. The van der Waals surface area contributed by atoms with Crippen LogP contribution in [0.1, 0.15) is 19.3 Å². The van der Waals surface area contributed by atoms with E-state index in [9.17, 15) is 22.8 Å². The molecule has 2 N–H and O–H groups in total. The molecule has 2 heterocycles. The number of nitrogens with zero attached hydrogens (tertiary/aromatic N) is 1. The van der Waals surface area contributed by atoms with Gasteiger partial charge >= 0.3 is 6.18 Å². The van der Waals surface area contributed by atoms with Crippen LogP contribution in [0.25, 0.3) is 0 Å². The minimum atomic E-state index is -4.42. The van der Waals surface area contributed by atoms with Gasteiger partial charge in [-0.1, -0.05) is 0 Å². The maximum atomic E-state index is 12.3. The number of hydrogen-bond acceptors (Lipinski definition) is 3. The molecular formula is C12H19ClF3N3O2. The van der Waals surface area contributed by atoms with Gasteiger partial charge in [-0.2, -0.15) is 13.2 Å². The first-order valence-corrected chi connectivity index (χ1v) is 6.71. The number of amides is 2. The Morgan fingerprint density at radius 2 is 2.14 bits per heavy atom. The Morgan fingerprint density at radius 1 is 1.43 bits per heavy atom. The van der Waals surface area contributed by atoms with Gasteiger partial charge < -0.3 is 15.5 Å². The van der Waals surface area contributed by atoms with Crippen LogP contribution in [0.4, 0.5) is 13.2 Å². The summed E-state index contributed by atoms with van der Waals surface area (Å²) in [7, 11) is 0. The molecule has 2 aliphatic heterocycles. The van der Waals surface area contributed by atoms with Crippen molar-refractivity contribution in [2.24, 2.45) is 5.92 Å². The smallest absolute Gasteiger partial charge is 0.352 e. The van der Waals surface area contributed by atoms with Crippen LogP contribution in [0.3, 0.4) is 0 Å². The summed E-state index contributed by atoms with van der Waals surface area (Å²) in [5, 5.41) is 5.94. The third-order valence-corrected chi connectivity index (χ3v) is 3.60. The highest BCUT2D eigenvalue weighted by atomic mass is 35.5. The minimum absolute atomic E-state index is 0. The van der Waals surface area contributed by atoms with E-state index in [1.807, 2.05) is 0 Å². The minimum Gasteiger partial charge on any atom is -0.352 e. The van der Waals surface area contributed by atoms with Gasteiger partial charge in [0.2, 0.25) is 11.8 Å². The van der Waals surface area contributed by atoms with Crippen molar-refractivity contribution in [1.29, 1.82) is 0 Å². The van der Waals surface area contributed by atoms with Gasteiger partial charge in [0.05, 0.1) is 5.92 Å². The molecule has 2 rings (SSSR count). The molecule has 0 radical (unpaired) electrons. The van der Waals surface area contributed by atoms with Crippen molar-refractivity contribution in [2.75, 3.05) is 26.2 Å². The number of alkyl halides is 3. The Bertz CT molecular complexity index is 386. The van der Waals surface area contributed by atoms with Crippen molar-refractivity contribution in [3.63, 3.8) is 0 Å². The van der Waals surface area contributed by atoms with E-state index in [2.05, 4.69) is 10.6 Å². The molecule has 0 aliphatic carbocycles. The summed E-state index contributed by atoms with van der Waals surface area (Å²) in [6.45, 7) is 0.150. The van der Waals surface area contributed by atoms with Crippen molar-refractivity contribution in [2.45, 2.75) is 31.5 Å². The fourth-order valence-corrected chi connectivity index (χ4v) is 2.61. The SMILES string of the molecule is Cl.O=C(N[C@H]1CCCNC1)C1CC(=O)N(CC(F)(F)F)C1. The molecular weight excluding hydrogens is 311 g/mol. The fraction of sp³-hybridized carbons (Fsp3) is 0.833. The molecule has 0 aromatic carbocycles. The van der Waals surface area contributed by atoms with Crippen molar-refractivity contribution >= 4 is 24.2 Å². The highest BCUT2D eigenvalue weighted by Gasteiger charge is 2.40. The van der Waals surface area contributed by atoms with Crippen molar-refractivity contribution in [3.8, 4) is 0 Å². The zero-order chi connectivity index (χ0) is 14.8. The van der Waals surface area contributed by atoms with Crippen LogP contribution in [0.2, 0.25) is 0 Å². The summed E-state index contributed by atoms with van der Waals surface area (Å²) in [4.78, 5) is 24.2. The second kappa shape index (κ2) is 7.31. The Hall–Kier alpha value is -1.02. The van der Waals surface area contributed by atoms with Gasteiger partial charge in [0.15, 0.2) is 0 Å². The third-order valence-electron chi connectivity index (χ3n) is 3.60. The van der Waals surface area contributed by atoms with E-state index < -0.39 is 24.5 Å². The number of hydrogen-bond donors (Lipinski definition) is 2. The second-order valence-electron chi connectivity index (χ2n) is 5.34. The first-order valence-electron chi connectivity index (χ1n) is 6.71. The molecule has 0 bridgehead atoms. The van der Waals surface area contributed by atoms with Gasteiger partial charge in [-0.15, -0.1) is 12.4 Å². The van der Waals surface area contributed by atoms with Crippen molar-refractivity contribution < 1.29 is 22.8 Å². The van der Waals surface area contributed by atoms with Crippen molar-refractivity contribution in [1.82, 2.24) is 15.5 Å². The average molecular weight is 330 g/mol. The number of likely N-dealkylation sites (tertiary alicyclic amines) is 1. The largest absolute Gasteiger partial charge is 0.406 e. The van der Waals surface area contributed by atoms with Gasteiger partial charge in [-0.25, -0.2) is 0 Å². The highest BCUT2D eigenvalue weighted by molar-refractivity contribution is 5.89. The van der Waals surface area contributed by atoms with Crippen LogP contribution >= 0.6 is 12.4 Å². The fourth-order valence-electron chi connectivity index (χ4n) is 2.61. The molecule has 9 heteroatoms. The second-order valence-corrected chi connectivity index (χ2v) is 5.34. The lowest BCUT2D eigenvalue weighted by Crippen LogP contribution is -2.47. The van der Waals surface area contributed by atoms with E-state index in [1.54, 1.807) is 0 Å². The first-order chi connectivity index (χ1) is 9.35. The standard InChI is InChI=1S/C12H18F3N3O2.ClH/c13-12(14,15)7-18-6-8(4-10(18)19)11(20)17-9-2-1-3-16-5-9;/h8-9,16H,1-7H2,(H,17,20);1H/t8?,9-;/m0./s1. The van der Waals surface area contributed by atoms with Crippen molar-refractivity contribution in [3.05, 3.63) is 0 Å². The molecule has 122 valence electrons. The lowest BCUT2D eigenvalue weighted by atomic mass is 10.0. The van der Waals surface area contributed by atoms with E-state index >= 15 is 0 Å². The monoisotopic (exact) mass is 329 g/mol. The Kier molecular flexibility index (Phi) is 6.27. The lowest BCUT2D eigenvalue weighted by Gasteiger charge is -2.25. The number of rotatable bonds is 3. The van der Waals surface area contributed by atoms with E-state index in [4.69, 9.17) is 0 Å². The van der Waals surface area contributed by atoms with Crippen LogP contribution in [-0.4, -0.2) is 55.1 Å². The summed E-state index contributed by atoms with van der Waals surface area (Å²) in [5.74, 6) is -1.60. The summed E-state index contributed by atoms with van der Waals surface area (Å²) in [6.07, 6.45) is -2.75. The Labute approximate surface area is 127 Å². The summed E-state index contributed by atoms with van der Waals surface area (Å²) < 4.78 is 36.8. The molecule has 2 aliphatic rings. The average Bonchev–Trinajstić information content (AvgIpc) is 2.70. The highest BCUT2D eigenvalue weighted by Crippen LogP contribution is 2.24. The number of carbonyl (C=O) groups is 2. The van der Waals surface area contributed by atoms with E-state index in [0.29, 0.717) is 11.4 Å². The molecule has 0 aromatic rings. The van der Waals surface area contributed by atoms with Crippen LogP contribution in [0.5, 0.6) is 0 Å². The zero-order valence-electron chi connectivity index (χ0n) is 11.4. The molecule has 2 amide bonds. The topological polar surface area (TPSA) is 61.4 Å². The van der Waals surface area contributed by atoms with Gasteiger partial charge in [0.1, 0.15) is 6.54 Å². The molecule has 0 aromatic heterocycles. The number of piperidine rings is 1. The lowest BCUT2D eigenvalue weighted by molar-refractivity contribution is -0.157. The van der Waals surface area contributed by atoms with Crippen LogP contribution in [0.15, 0.2) is 0 Å². The molecule has 21 heavy (non-hydrogen) atoms.